The normalized spacial score (nSPS) is 18.3. The van der Waals surface area contributed by atoms with Crippen molar-refractivity contribution in [3.8, 4) is 5.75 Å². The van der Waals surface area contributed by atoms with E-state index in [4.69, 9.17) is 4.74 Å². The van der Waals surface area contributed by atoms with Gasteiger partial charge in [0, 0.05) is 11.1 Å². The number of rotatable bonds is 2. The van der Waals surface area contributed by atoms with Gasteiger partial charge in [0.1, 0.15) is 5.75 Å². The number of fused-ring (bicyclic) bond motifs is 1. The van der Waals surface area contributed by atoms with Crippen LogP contribution in [0.1, 0.15) is 18.1 Å². The Kier molecular flexibility index (Phi) is 3.26. The smallest absolute Gasteiger partial charge is 0.429 e. The molecule has 0 aliphatic carbocycles. The second-order valence-electron chi connectivity index (χ2n) is 4.15. The fourth-order valence-electron chi connectivity index (χ4n) is 1.88. The van der Waals surface area contributed by atoms with Crippen molar-refractivity contribution in [3.63, 3.8) is 0 Å². The summed E-state index contributed by atoms with van der Waals surface area (Å²) >= 11 is 0. The molecule has 0 fully saturated rings. The van der Waals surface area contributed by atoms with Crippen LogP contribution in [0.5, 0.6) is 5.75 Å². The topological polar surface area (TPSA) is 49.4 Å². The number of hydrogen-bond acceptors (Lipinski definition) is 3. The SMILES string of the molecule is CCc1ccc2c(c1)C=C(C(=O)[O-])C(C(F)(F)F)O2. The molecule has 1 atom stereocenters. The number of hydrogen-bond donors (Lipinski definition) is 0. The first-order valence-electron chi connectivity index (χ1n) is 5.62. The molecule has 0 saturated heterocycles. The predicted molar refractivity (Wildman–Crippen MR) is 59.3 cm³/mol. The minimum atomic E-state index is -4.80. The van der Waals surface area contributed by atoms with Gasteiger partial charge in [-0.3, -0.25) is 0 Å². The molecule has 0 radical (unpaired) electrons. The molecular weight excluding hydrogens is 261 g/mol. The molecule has 1 aliphatic rings. The summed E-state index contributed by atoms with van der Waals surface area (Å²) in [7, 11) is 0. The van der Waals surface area contributed by atoms with E-state index in [1.54, 1.807) is 12.1 Å². The second kappa shape index (κ2) is 4.60. The molecular formula is C13H10F3O3-. The Morgan fingerprint density at radius 1 is 1.42 bits per heavy atom. The van der Waals surface area contributed by atoms with Crippen LogP contribution in [-0.4, -0.2) is 18.2 Å². The number of carbonyl (C=O) groups excluding carboxylic acids is 1. The summed E-state index contributed by atoms with van der Waals surface area (Å²) in [6.45, 7) is 1.88. The maximum atomic E-state index is 12.7. The Labute approximate surface area is 107 Å². The van der Waals surface area contributed by atoms with Crippen LogP contribution in [0, 0.1) is 0 Å². The number of aryl methyl sites for hydroxylation is 1. The molecule has 6 heteroatoms. The van der Waals surface area contributed by atoms with Gasteiger partial charge in [-0.1, -0.05) is 13.0 Å². The monoisotopic (exact) mass is 271 g/mol. The Hall–Kier alpha value is -1.98. The maximum absolute atomic E-state index is 12.7. The van der Waals surface area contributed by atoms with Gasteiger partial charge in [0.2, 0.25) is 6.10 Å². The maximum Gasteiger partial charge on any atom is 0.429 e. The molecule has 1 heterocycles. The lowest BCUT2D eigenvalue weighted by molar-refractivity contribution is -0.302. The predicted octanol–water partition coefficient (Wildman–Crippen LogP) is 1.71. The zero-order chi connectivity index (χ0) is 14.2. The van der Waals surface area contributed by atoms with E-state index in [-0.39, 0.29) is 5.75 Å². The number of carboxylic acids is 1. The van der Waals surface area contributed by atoms with E-state index >= 15 is 0 Å². The Balaban J connectivity index is 2.51. The first-order chi connectivity index (χ1) is 8.82. The lowest BCUT2D eigenvalue weighted by Crippen LogP contribution is -2.44. The van der Waals surface area contributed by atoms with Gasteiger partial charge in [0.15, 0.2) is 0 Å². The Bertz CT molecular complexity index is 547. The van der Waals surface area contributed by atoms with Gasteiger partial charge < -0.3 is 14.6 Å². The molecule has 1 unspecified atom stereocenters. The van der Waals surface area contributed by atoms with Crippen LogP contribution in [0.4, 0.5) is 13.2 Å². The number of aliphatic carboxylic acids is 1. The molecule has 1 aromatic carbocycles. The van der Waals surface area contributed by atoms with Crippen LogP contribution in [0.15, 0.2) is 23.8 Å². The highest BCUT2D eigenvalue weighted by Gasteiger charge is 2.46. The zero-order valence-corrected chi connectivity index (χ0v) is 9.95. The molecule has 1 aliphatic heterocycles. The molecule has 0 aromatic heterocycles. The number of benzene rings is 1. The van der Waals surface area contributed by atoms with Crippen LogP contribution < -0.4 is 9.84 Å². The fraction of sp³-hybridized carbons (Fsp3) is 0.308. The van der Waals surface area contributed by atoms with Crippen molar-refractivity contribution >= 4 is 12.0 Å². The molecule has 19 heavy (non-hydrogen) atoms. The average Bonchev–Trinajstić information content (AvgIpc) is 2.35. The quantitative estimate of drug-likeness (QED) is 0.822. The van der Waals surface area contributed by atoms with E-state index in [1.807, 2.05) is 6.92 Å². The van der Waals surface area contributed by atoms with E-state index < -0.39 is 23.8 Å². The number of halogens is 3. The third-order valence-electron chi connectivity index (χ3n) is 2.85. The van der Waals surface area contributed by atoms with Crippen molar-refractivity contribution in [2.75, 3.05) is 0 Å². The molecule has 0 saturated carbocycles. The van der Waals surface area contributed by atoms with Gasteiger partial charge in [-0.05, 0) is 30.2 Å². The molecule has 0 bridgehead atoms. The Morgan fingerprint density at radius 2 is 2.11 bits per heavy atom. The van der Waals surface area contributed by atoms with E-state index in [1.165, 1.54) is 6.07 Å². The van der Waals surface area contributed by atoms with Crippen molar-refractivity contribution < 1.29 is 27.8 Å². The molecule has 2 rings (SSSR count). The highest BCUT2D eigenvalue weighted by molar-refractivity contribution is 5.93. The van der Waals surface area contributed by atoms with E-state index in [2.05, 4.69) is 0 Å². The fourth-order valence-corrected chi connectivity index (χ4v) is 1.88. The number of ether oxygens (including phenoxy) is 1. The van der Waals surface area contributed by atoms with Gasteiger partial charge in [-0.2, -0.15) is 13.2 Å². The van der Waals surface area contributed by atoms with Crippen molar-refractivity contribution in [3.05, 3.63) is 34.9 Å². The number of carboxylic acid groups (broad SMARTS) is 1. The third-order valence-corrected chi connectivity index (χ3v) is 2.85. The lowest BCUT2D eigenvalue weighted by atomic mass is 9.99. The highest BCUT2D eigenvalue weighted by atomic mass is 19.4. The summed E-state index contributed by atoms with van der Waals surface area (Å²) in [4.78, 5) is 10.8. The summed E-state index contributed by atoms with van der Waals surface area (Å²) in [5, 5.41) is 10.8. The van der Waals surface area contributed by atoms with Crippen LogP contribution in [0.2, 0.25) is 0 Å². The van der Waals surface area contributed by atoms with E-state index in [9.17, 15) is 23.1 Å². The lowest BCUT2D eigenvalue weighted by Gasteiger charge is -2.29. The summed E-state index contributed by atoms with van der Waals surface area (Å²) in [6.07, 6.45) is -5.64. The van der Waals surface area contributed by atoms with Crippen LogP contribution in [0.25, 0.3) is 6.08 Å². The van der Waals surface area contributed by atoms with Crippen LogP contribution in [0.3, 0.4) is 0 Å². The summed E-state index contributed by atoms with van der Waals surface area (Å²) in [6, 6.07) is 4.66. The summed E-state index contributed by atoms with van der Waals surface area (Å²) < 4.78 is 43.0. The minimum absolute atomic E-state index is 0.0181. The van der Waals surface area contributed by atoms with E-state index in [0.717, 1.165) is 11.6 Å². The first-order valence-corrected chi connectivity index (χ1v) is 5.62. The van der Waals surface area contributed by atoms with Gasteiger partial charge in [0.25, 0.3) is 0 Å². The van der Waals surface area contributed by atoms with Gasteiger partial charge in [-0.15, -0.1) is 0 Å². The highest BCUT2D eigenvalue weighted by Crippen LogP contribution is 2.37. The van der Waals surface area contributed by atoms with Crippen LogP contribution >= 0.6 is 0 Å². The molecule has 3 nitrogen and oxygen atoms in total. The van der Waals surface area contributed by atoms with Crippen molar-refractivity contribution in [1.82, 2.24) is 0 Å². The van der Waals surface area contributed by atoms with Gasteiger partial charge in [0.05, 0.1) is 5.97 Å². The standard InChI is InChI=1S/C13H11F3O3/c1-2-7-3-4-10-8(5-7)6-9(12(17)18)11(19-10)13(14,15)16/h3-6,11H,2H2,1H3,(H,17,18)/p-1. The molecule has 0 N–H and O–H groups in total. The third kappa shape index (κ3) is 2.57. The van der Waals surface area contributed by atoms with E-state index in [0.29, 0.717) is 12.0 Å². The first kappa shape index (κ1) is 13.5. The molecule has 102 valence electrons. The Morgan fingerprint density at radius 3 is 2.63 bits per heavy atom. The zero-order valence-electron chi connectivity index (χ0n) is 9.95. The molecule has 0 spiro atoms. The summed E-state index contributed by atoms with van der Waals surface area (Å²) in [5.41, 5.74) is 0.286. The molecule has 0 amide bonds. The number of carbonyl (C=O) groups is 1. The largest absolute Gasteiger partial charge is 0.545 e. The van der Waals surface area contributed by atoms with Crippen molar-refractivity contribution in [2.45, 2.75) is 25.6 Å². The molecule has 1 aromatic rings. The van der Waals surface area contributed by atoms with Gasteiger partial charge in [-0.25, -0.2) is 0 Å². The van der Waals surface area contributed by atoms with Crippen molar-refractivity contribution in [1.29, 1.82) is 0 Å². The van der Waals surface area contributed by atoms with Gasteiger partial charge >= 0.3 is 6.18 Å². The summed E-state index contributed by atoms with van der Waals surface area (Å²) in [5.74, 6) is -1.86. The second-order valence-corrected chi connectivity index (χ2v) is 4.15. The average molecular weight is 271 g/mol. The van der Waals surface area contributed by atoms with Crippen molar-refractivity contribution in [2.24, 2.45) is 0 Å². The number of alkyl halides is 3. The minimum Gasteiger partial charge on any atom is -0.545 e. The van der Waals surface area contributed by atoms with Crippen LogP contribution in [-0.2, 0) is 11.2 Å².